The van der Waals surface area contributed by atoms with E-state index in [1.165, 1.54) is 32.0 Å². The molecule has 0 aliphatic heterocycles. The summed E-state index contributed by atoms with van der Waals surface area (Å²) in [7, 11) is -4.32. The van der Waals surface area contributed by atoms with Gasteiger partial charge in [-0.05, 0) is 25.5 Å². The van der Waals surface area contributed by atoms with Gasteiger partial charge in [0.15, 0.2) is 5.78 Å². The average molecular weight is 473 g/mol. The number of ketones is 1. The highest BCUT2D eigenvalue weighted by molar-refractivity contribution is 7.56. The lowest BCUT2D eigenvalue weighted by molar-refractivity contribution is -0.483. The molecule has 0 heterocycles. The predicted molar refractivity (Wildman–Crippen MR) is 111 cm³/mol. The summed E-state index contributed by atoms with van der Waals surface area (Å²) in [5, 5.41) is 11.5. The molecule has 174 valence electrons. The third-order valence-corrected chi connectivity index (χ3v) is 7.17. The van der Waals surface area contributed by atoms with Gasteiger partial charge in [-0.1, -0.05) is 48.5 Å². The average Bonchev–Trinajstić information content (AvgIpc) is 2.73. The maximum absolute atomic E-state index is 13.7. The maximum Gasteiger partial charge on any atom is 0.416 e. The van der Waals surface area contributed by atoms with Gasteiger partial charge in [0.25, 0.3) is 0 Å². The van der Waals surface area contributed by atoms with Gasteiger partial charge >= 0.3 is 13.8 Å². The molecule has 0 N–H and O–H groups in total. The van der Waals surface area contributed by atoms with E-state index in [2.05, 4.69) is 0 Å². The minimum absolute atomic E-state index is 0.0810. The van der Waals surface area contributed by atoms with Gasteiger partial charge in [0, 0.05) is 10.5 Å². The highest BCUT2D eigenvalue weighted by Gasteiger charge is 2.49. The molecule has 2 rings (SSSR count). The van der Waals surface area contributed by atoms with Crippen LogP contribution < -0.4 is 0 Å². The fraction of sp³-hybridized carbons (Fsp3) is 0.381. The van der Waals surface area contributed by atoms with Gasteiger partial charge in [-0.3, -0.25) is 19.5 Å². The first-order valence-corrected chi connectivity index (χ1v) is 11.4. The summed E-state index contributed by atoms with van der Waals surface area (Å²) < 4.78 is 64.2. The van der Waals surface area contributed by atoms with Gasteiger partial charge in [-0.25, -0.2) is 0 Å². The van der Waals surface area contributed by atoms with Gasteiger partial charge in [-0.15, -0.1) is 0 Å². The molecule has 0 aromatic heterocycles. The van der Waals surface area contributed by atoms with Gasteiger partial charge < -0.3 is 9.05 Å². The first-order valence-electron chi connectivity index (χ1n) is 9.80. The van der Waals surface area contributed by atoms with E-state index in [1.807, 2.05) is 0 Å². The number of hydrogen-bond acceptors (Lipinski definition) is 6. The van der Waals surface area contributed by atoms with E-state index in [0.717, 1.165) is 18.2 Å². The van der Waals surface area contributed by atoms with Gasteiger partial charge in [0.1, 0.15) is 5.66 Å². The van der Waals surface area contributed by atoms with Crippen LogP contribution >= 0.6 is 7.60 Å². The van der Waals surface area contributed by atoms with Crippen LogP contribution in [0, 0.1) is 10.1 Å². The Hall–Kier alpha value is -2.55. The summed E-state index contributed by atoms with van der Waals surface area (Å²) in [4.78, 5) is 24.1. The molecule has 2 atom stereocenters. The van der Waals surface area contributed by atoms with E-state index in [1.54, 1.807) is 18.2 Å². The number of nitro groups is 1. The largest absolute Gasteiger partial charge is 0.416 e. The zero-order valence-corrected chi connectivity index (χ0v) is 18.3. The summed E-state index contributed by atoms with van der Waals surface area (Å²) in [6, 6.07) is 11.4. The van der Waals surface area contributed by atoms with Gasteiger partial charge in [-0.2, -0.15) is 13.2 Å². The molecule has 0 amide bonds. The quantitative estimate of drug-likeness (QED) is 0.183. The molecule has 11 heteroatoms. The Kier molecular flexibility index (Phi) is 8.72. The minimum Gasteiger partial charge on any atom is -0.308 e. The van der Waals surface area contributed by atoms with Crippen molar-refractivity contribution in [2.24, 2.45) is 0 Å². The molecule has 0 aliphatic carbocycles. The number of rotatable bonds is 11. The molecule has 0 spiro atoms. The summed E-state index contributed by atoms with van der Waals surface area (Å²) in [6.07, 6.45) is -4.71. The van der Waals surface area contributed by atoms with Crippen molar-refractivity contribution in [2.45, 2.75) is 31.6 Å². The topological polar surface area (TPSA) is 95.7 Å². The fourth-order valence-electron chi connectivity index (χ4n) is 3.37. The molecule has 0 fully saturated rings. The molecule has 0 unspecified atom stereocenters. The number of carbonyl (C=O) groups is 1. The van der Waals surface area contributed by atoms with Crippen LogP contribution in [0.25, 0.3) is 0 Å². The third kappa shape index (κ3) is 6.25. The van der Waals surface area contributed by atoms with Crippen molar-refractivity contribution in [1.29, 1.82) is 0 Å². The molecule has 0 radical (unpaired) electrons. The molecule has 0 bridgehead atoms. The van der Waals surface area contributed by atoms with Crippen molar-refractivity contribution < 1.29 is 36.5 Å². The van der Waals surface area contributed by atoms with Crippen LogP contribution in [-0.2, 0) is 19.8 Å². The van der Waals surface area contributed by atoms with Crippen molar-refractivity contribution >= 4 is 13.4 Å². The Morgan fingerprint density at radius 1 is 1.06 bits per heavy atom. The summed E-state index contributed by atoms with van der Waals surface area (Å²) in [5.74, 6) is -2.27. The first kappa shape index (κ1) is 25.7. The fourth-order valence-corrected chi connectivity index (χ4v) is 5.63. The summed E-state index contributed by atoms with van der Waals surface area (Å²) in [6.45, 7) is 1.78. The van der Waals surface area contributed by atoms with Crippen molar-refractivity contribution in [3.8, 4) is 0 Å². The third-order valence-electron chi connectivity index (χ3n) is 4.65. The van der Waals surface area contributed by atoms with Gasteiger partial charge in [0.2, 0.25) is 6.54 Å². The number of hydrogen-bond donors (Lipinski definition) is 0. The number of Topliss-reactive ketones (excluding diaryl/α,β-unsaturated/α-hetero) is 1. The Labute approximate surface area is 183 Å². The van der Waals surface area contributed by atoms with E-state index >= 15 is 0 Å². The lowest BCUT2D eigenvalue weighted by Gasteiger charge is -2.30. The van der Waals surface area contributed by atoms with Crippen LogP contribution in [0.1, 0.15) is 41.3 Å². The molecule has 0 aliphatic rings. The normalized spacial score (nSPS) is 14.0. The molecular weight excluding hydrogens is 450 g/mol. The number of alkyl halides is 3. The Balaban J connectivity index is 2.74. The molecule has 0 saturated heterocycles. The lowest BCUT2D eigenvalue weighted by atomic mass is 9.90. The predicted octanol–water partition coefficient (Wildman–Crippen LogP) is 5.58. The van der Waals surface area contributed by atoms with Crippen molar-refractivity contribution in [3.05, 3.63) is 81.4 Å². The van der Waals surface area contributed by atoms with E-state index in [4.69, 9.17) is 9.05 Å². The molecular formula is C21H23F3NO6P. The molecule has 7 nitrogen and oxygen atoms in total. The summed E-state index contributed by atoms with van der Waals surface area (Å²) >= 11 is 0. The molecule has 32 heavy (non-hydrogen) atoms. The highest BCUT2D eigenvalue weighted by atomic mass is 31.2. The maximum atomic E-state index is 13.7. The first-order chi connectivity index (χ1) is 15.0. The Morgan fingerprint density at radius 3 is 2.16 bits per heavy atom. The smallest absolute Gasteiger partial charge is 0.308 e. The van der Waals surface area contributed by atoms with Crippen molar-refractivity contribution in [2.75, 3.05) is 19.8 Å². The number of carbonyl (C=O) groups excluding carboxylic acids is 1. The monoisotopic (exact) mass is 473 g/mol. The van der Waals surface area contributed by atoms with Crippen LogP contribution in [0.3, 0.4) is 0 Å². The second kappa shape index (κ2) is 10.8. The van der Waals surface area contributed by atoms with E-state index in [9.17, 15) is 32.6 Å². The van der Waals surface area contributed by atoms with Crippen LogP contribution in [-0.4, -0.2) is 36.1 Å². The Morgan fingerprint density at radius 2 is 1.66 bits per heavy atom. The van der Waals surface area contributed by atoms with E-state index < -0.39 is 48.2 Å². The second-order valence-corrected chi connectivity index (χ2v) is 8.95. The molecule has 0 saturated carbocycles. The van der Waals surface area contributed by atoms with Gasteiger partial charge in [0.05, 0.1) is 24.7 Å². The number of nitrogens with zero attached hydrogens (tertiary/aromatic N) is 1. The zero-order valence-electron chi connectivity index (χ0n) is 17.4. The SMILES string of the molecule is CCOP(=O)(OCC)[C@@H](C(=O)c1ccccc1)[C@@H](C[N+](=O)[O-])c1cccc(C(F)(F)F)c1. The highest BCUT2D eigenvalue weighted by Crippen LogP contribution is 2.58. The Bertz CT molecular complexity index is 973. The molecule has 2 aromatic rings. The standard InChI is InChI=1S/C21H23F3NO6P/c1-3-30-32(29,31-4-2)20(19(26)15-9-6-5-7-10-15)18(14-25(27)28)16-11-8-12-17(13-16)21(22,23)24/h5-13,18,20H,3-4,14H2,1-2H3/t18-,20+/m0/s1. The van der Waals surface area contributed by atoms with Crippen LogP contribution in [0.2, 0.25) is 0 Å². The zero-order chi connectivity index (χ0) is 23.9. The minimum atomic E-state index is -4.71. The van der Waals surface area contributed by atoms with Crippen LogP contribution in [0.4, 0.5) is 13.2 Å². The van der Waals surface area contributed by atoms with E-state index in [0.29, 0.717) is 0 Å². The summed E-state index contributed by atoms with van der Waals surface area (Å²) in [5.41, 5.74) is -2.85. The van der Waals surface area contributed by atoms with Crippen molar-refractivity contribution in [3.63, 3.8) is 0 Å². The molecule has 2 aromatic carbocycles. The van der Waals surface area contributed by atoms with E-state index in [-0.39, 0.29) is 24.3 Å². The second-order valence-electron chi connectivity index (χ2n) is 6.80. The van der Waals surface area contributed by atoms with Crippen LogP contribution in [0.5, 0.6) is 0 Å². The van der Waals surface area contributed by atoms with Crippen LogP contribution in [0.15, 0.2) is 54.6 Å². The van der Waals surface area contributed by atoms with Crippen molar-refractivity contribution in [1.82, 2.24) is 0 Å². The number of benzene rings is 2. The lowest BCUT2D eigenvalue weighted by Crippen LogP contribution is -2.34. The number of halogens is 3.